The molecule has 2 unspecified atom stereocenters. The van der Waals surface area contributed by atoms with Gasteiger partial charge in [0.05, 0.1) is 13.2 Å². The Labute approximate surface area is 141 Å². The Hall–Kier alpha value is -1.19. The SMILES string of the molecule is O=S(=O)(O)NCc1ccc2c(c1)C1CCCC1(N1CCOCC1)O2. The zero-order valence-corrected chi connectivity index (χ0v) is 14.2. The molecule has 1 saturated carbocycles. The molecule has 0 amide bonds. The van der Waals surface area contributed by atoms with Crippen molar-refractivity contribution in [2.75, 3.05) is 26.3 Å². The highest BCUT2D eigenvalue weighted by Gasteiger charge is 2.55. The zero-order chi connectivity index (χ0) is 16.8. The van der Waals surface area contributed by atoms with Gasteiger partial charge in [0.25, 0.3) is 0 Å². The van der Waals surface area contributed by atoms with Crippen LogP contribution in [0.2, 0.25) is 0 Å². The number of fused-ring (bicyclic) bond motifs is 3. The van der Waals surface area contributed by atoms with Crippen LogP contribution in [0.1, 0.15) is 36.3 Å². The molecule has 2 heterocycles. The molecule has 4 rings (SSSR count). The Balaban J connectivity index is 1.60. The van der Waals surface area contributed by atoms with Crippen LogP contribution >= 0.6 is 0 Å². The fourth-order valence-corrected chi connectivity index (χ4v) is 4.65. The Bertz CT molecular complexity index is 732. The minimum atomic E-state index is -4.19. The third-order valence-corrected chi connectivity index (χ3v) is 5.82. The summed E-state index contributed by atoms with van der Waals surface area (Å²) < 4.78 is 44.7. The molecule has 24 heavy (non-hydrogen) atoms. The van der Waals surface area contributed by atoms with E-state index in [0.29, 0.717) is 5.92 Å². The lowest BCUT2D eigenvalue weighted by molar-refractivity contribution is -0.115. The minimum Gasteiger partial charge on any atom is -0.472 e. The van der Waals surface area contributed by atoms with E-state index in [-0.39, 0.29) is 12.3 Å². The van der Waals surface area contributed by atoms with Gasteiger partial charge in [-0.2, -0.15) is 13.1 Å². The second kappa shape index (κ2) is 5.96. The summed E-state index contributed by atoms with van der Waals surface area (Å²) in [5, 5.41) is 0. The van der Waals surface area contributed by atoms with Crippen molar-refractivity contribution in [3.8, 4) is 5.75 Å². The highest BCUT2D eigenvalue weighted by atomic mass is 32.2. The van der Waals surface area contributed by atoms with Gasteiger partial charge in [-0.3, -0.25) is 9.45 Å². The number of benzene rings is 1. The van der Waals surface area contributed by atoms with Crippen molar-refractivity contribution >= 4 is 10.3 Å². The summed E-state index contributed by atoms with van der Waals surface area (Å²) in [6, 6.07) is 5.76. The molecule has 8 heteroatoms. The van der Waals surface area contributed by atoms with Crippen molar-refractivity contribution in [3.05, 3.63) is 29.3 Å². The fraction of sp³-hybridized carbons (Fsp3) is 0.625. The van der Waals surface area contributed by atoms with Crippen molar-refractivity contribution in [1.82, 2.24) is 9.62 Å². The molecule has 0 spiro atoms. The maximum Gasteiger partial charge on any atom is 0.333 e. The molecule has 1 aromatic carbocycles. The lowest BCUT2D eigenvalue weighted by Gasteiger charge is -2.42. The van der Waals surface area contributed by atoms with E-state index in [1.807, 2.05) is 18.2 Å². The van der Waals surface area contributed by atoms with E-state index in [9.17, 15) is 8.42 Å². The molecule has 2 fully saturated rings. The Morgan fingerprint density at radius 3 is 2.88 bits per heavy atom. The standard InChI is InChI=1S/C16H22N2O5S/c19-24(20,21)17-11-12-3-4-15-13(10-12)14-2-1-5-16(14,23-15)18-6-8-22-9-7-18/h3-4,10,14,17H,1-2,5-9,11H2,(H,19,20,21). The average Bonchev–Trinajstić information content (AvgIpc) is 3.10. The highest BCUT2D eigenvalue weighted by molar-refractivity contribution is 7.83. The number of nitrogens with zero attached hydrogens (tertiary/aromatic N) is 1. The molecule has 1 aliphatic carbocycles. The highest BCUT2D eigenvalue weighted by Crippen LogP contribution is 2.55. The fourth-order valence-electron chi connectivity index (χ4n) is 4.30. The van der Waals surface area contributed by atoms with Crippen molar-refractivity contribution in [1.29, 1.82) is 0 Å². The van der Waals surface area contributed by atoms with Crippen LogP contribution in [0, 0.1) is 0 Å². The molecule has 1 aromatic rings. The molecule has 3 aliphatic rings. The van der Waals surface area contributed by atoms with Crippen LogP contribution in [0.5, 0.6) is 5.75 Å². The summed E-state index contributed by atoms with van der Waals surface area (Å²) in [5.41, 5.74) is 1.69. The summed E-state index contributed by atoms with van der Waals surface area (Å²) in [6.45, 7) is 3.29. The van der Waals surface area contributed by atoms with Crippen LogP contribution < -0.4 is 9.46 Å². The van der Waals surface area contributed by atoms with E-state index in [1.165, 1.54) is 0 Å². The Morgan fingerprint density at radius 2 is 2.12 bits per heavy atom. The van der Waals surface area contributed by atoms with Crippen LogP contribution in [0.15, 0.2) is 18.2 Å². The number of nitrogens with one attached hydrogen (secondary N) is 1. The quantitative estimate of drug-likeness (QED) is 0.792. The van der Waals surface area contributed by atoms with Gasteiger partial charge in [-0.05, 0) is 24.5 Å². The molecule has 7 nitrogen and oxygen atoms in total. The number of rotatable bonds is 4. The molecular formula is C16H22N2O5S. The van der Waals surface area contributed by atoms with Crippen LogP contribution in [0.3, 0.4) is 0 Å². The van der Waals surface area contributed by atoms with Crippen LogP contribution in [0.25, 0.3) is 0 Å². The lowest BCUT2D eigenvalue weighted by atomic mass is 9.91. The summed E-state index contributed by atoms with van der Waals surface area (Å²) in [7, 11) is -4.19. The maximum atomic E-state index is 10.9. The predicted molar refractivity (Wildman–Crippen MR) is 87.2 cm³/mol. The van der Waals surface area contributed by atoms with E-state index in [0.717, 1.165) is 62.4 Å². The van der Waals surface area contributed by atoms with Crippen LogP contribution in [-0.2, 0) is 21.6 Å². The molecule has 1 saturated heterocycles. The van der Waals surface area contributed by atoms with Crippen LogP contribution in [-0.4, -0.2) is 49.9 Å². The first-order valence-corrected chi connectivity index (χ1v) is 9.79. The van der Waals surface area contributed by atoms with Gasteiger partial charge in [0.2, 0.25) is 0 Å². The normalized spacial score (nSPS) is 30.0. The van der Waals surface area contributed by atoms with Crippen molar-refractivity contribution in [3.63, 3.8) is 0 Å². The van der Waals surface area contributed by atoms with Gasteiger partial charge >= 0.3 is 10.3 Å². The summed E-state index contributed by atoms with van der Waals surface area (Å²) >= 11 is 0. The van der Waals surface area contributed by atoms with Gasteiger partial charge in [-0.15, -0.1) is 0 Å². The maximum absolute atomic E-state index is 10.9. The molecule has 0 bridgehead atoms. The van der Waals surface area contributed by atoms with Gasteiger partial charge in [-0.25, -0.2) is 0 Å². The van der Waals surface area contributed by atoms with E-state index >= 15 is 0 Å². The van der Waals surface area contributed by atoms with E-state index in [4.69, 9.17) is 14.0 Å². The lowest BCUT2D eigenvalue weighted by Crippen LogP contribution is -2.56. The summed E-state index contributed by atoms with van der Waals surface area (Å²) in [4.78, 5) is 2.41. The number of hydrogen-bond donors (Lipinski definition) is 2. The van der Waals surface area contributed by atoms with Gasteiger partial charge in [-0.1, -0.05) is 12.1 Å². The third kappa shape index (κ3) is 2.82. The molecule has 2 N–H and O–H groups in total. The van der Waals surface area contributed by atoms with E-state index in [1.54, 1.807) is 0 Å². The molecule has 0 aromatic heterocycles. The van der Waals surface area contributed by atoms with Gasteiger partial charge in [0, 0.05) is 37.5 Å². The van der Waals surface area contributed by atoms with E-state index in [2.05, 4.69) is 9.62 Å². The van der Waals surface area contributed by atoms with E-state index < -0.39 is 10.3 Å². The van der Waals surface area contributed by atoms with Gasteiger partial charge in [0.1, 0.15) is 5.75 Å². The van der Waals surface area contributed by atoms with Gasteiger partial charge < -0.3 is 9.47 Å². The monoisotopic (exact) mass is 354 g/mol. The topological polar surface area (TPSA) is 88.1 Å². The van der Waals surface area contributed by atoms with Crippen LogP contribution in [0.4, 0.5) is 0 Å². The van der Waals surface area contributed by atoms with Crippen molar-refractivity contribution in [2.24, 2.45) is 0 Å². The van der Waals surface area contributed by atoms with Gasteiger partial charge in [0.15, 0.2) is 5.72 Å². The number of hydrogen-bond acceptors (Lipinski definition) is 5. The molecule has 2 aliphatic heterocycles. The number of ether oxygens (including phenoxy) is 2. The molecule has 0 radical (unpaired) electrons. The first-order chi connectivity index (χ1) is 11.5. The summed E-state index contributed by atoms with van der Waals surface area (Å²) in [5.74, 6) is 1.19. The van der Waals surface area contributed by atoms with Crippen molar-refractivity contribution < 1.29 is 22.4 Å². The first-order valence-electron chi connectivity index (χ1n) is 8.35. The first kappa shape index (κ1) is 16.3. The average molecular weight is 354 g/mol. The summed E-state index contributed by atoms with van der Waals surface area (Å²) in [6.07, 6.45) is 3.19. The second-order valence-corrected chi connectivity index (χ2v) is 7.90. The number of morpholine rings is 1. The largest absolute Gasteiger partial charge is 0.472 e. The van der Waals surface area contributed by atoms with Crippen molar-refractivity contribution in [2.45, 2.75) is 37.5 Å². The third-order valence-electron chi connectivity index (χ3n) is 5.31. The second-order valence-electron chi connectivity index (χ2n) is 6.66. The molecule has 2 atom stereocenters. The zero-order valence-electron chi connectivity index (χ0n) is 13.4. The Kier molecular flexibility index (Phi) is 4.04. The Morgan fingerprint density at radius 1 is 1.33 bits per heavy atom. The molecule has 132 valence electrons. The minimum absolute atomic E-state index is 0.0728. The smallest absolute Gasteiger partial charge is 0.333 e. The predicted octanol–water partition coefficient (Wildman–Crippen LogP) is 1.27. The molecular weight excluding hydrogens is 332 g/mol.